The molecule has 0 atom stereocenters. The molecular formula is C18H16ClFN6O3S. The predicted octanol–water partition coefficient (Wildman–Crippen LogP) is 2.47. The van der Waals surface area contributed by atoms with Crippen LogP contribution in [0.15, 0.2) is 35.7 Å². The number of aliphatic hydroxyl groups is 1. The summed E-state index contributed by atoms with van der Waals surface area (Å²) in [6.45, 7) is -0.206. The SMILES string of the molecule is O=C(NCc1cccc(F)c1)Nc1nc(CNC(=O)c2cc(Cl)nnc2CO)cs1. The van der Waals surface area contributed by atoms with Crippen molar-refractivity contribution in [1.29, 1.82) is 0 Å². The summed E-state index contributed by atoms with van der Waals surface area (Å²) in [6, 6.07) is 6.73. The first-order valence-electron chi connectivity index (χ1n) is 8.59. The second-order valence-corrected chi connectivity index (χ2v) is 7.20. The lowest BCUT2D eigenvalue weighted by Crippen LogP contribution is -2.28. The number of carbonyl (C=O) groups is 2. The topological polar surface area (TPSA) is 129 Å². The number of anilines is 1. The Morgan fingerprint density at radius 1 is 1.17 bits per heavy atom. The maximum atomic E-state index is 13.1. The normalized spacial score (nSPS) is 10.5. The molecular weight excluding hydrogens is 435 g/mol. The number of aromatic nitrogens is 3. The van der Waals surface area contributed by atoms with Crippen LogP contribution in [-0.4, -0.2) is 32.2 Å². The molecule has 0 fully saturated rings. The first-order valence-corrected chi connectivity index (χ1v) is 9.85. The van der Waals surface area contributed by atoms with Gasteiger partial charge in [-0.2, -0.15) is 5.10 Å². The van der Waals surface area contributed by atoms with Gasteiger partial charge in [-0.15, -0.1) is 16.4 Å². The summed E-state index contributed by atoms with van der Waals surface area (Å²) in [6.07, 6.45) is 0. The number of halogens is 2. The van der Waals surface area contributed by atoms with Crippen LogP contribution in [0.1, 0.15) is 27.3 Å². The average Bonchev–Trinajstić information content (AvgIpc) is 3.17. The molecule has 0 aliphatic rings. The molecule has 3 aromatic rings. The minimum atomic E-state index is -0.494. The summed E-state index contributed by atoms with van der Waals surface area (Å²) in [4.78, 5) is 28.5. The quantitative estimate of drug-likeness (QED) is 0.437. The van der Waals surface area contributed by atoms with E-state index in [9.17, 15) is 19.1 Å². The highest BCUT2D eigenvalue weighted by molar-refractivity contribution is 7.13. The van der Waals surface area contributed by atoms with Gasteiger partial charge in [0.15, 0.2) is 10.3 Å². The Hall–Kier alpha value is -3.15. The Balaban J connectivity index is 1.50. The van der Waals surface area contributed by atoms with Crippen molar-refractivity contribution in [3.63, 3.8) is 0 Å². The number of hydrogen-bond donors (Lipinski definition) is 4. The summed E-state index contributed by atoms with van der Waals surface area (Å²) in [7, 11) is 0. The molecule has 0 spiro atoms. The first kappa shape index (κ1) is 21.6. The Labute approximate surface area is 179 Å². The van der Waals surface area contributed by atoms with E-state index in [2.05, 4.69) is 31.1 Å². The van der Waals surface area contributed by atoms with Gasteiger partial charge in [-0.3, -0.25) is 10.1 Å². The third kappa shape index (κ3) is 5.92. The Bertz CT molecular complexity index is 1060. The summed E-state index contributed by atoms with van der Waals surface area (Å²) in [5.74, 6) is -0.872. The fourth-order valence-electron chi connectivity index (χ4n) is 2.39. The van der Waals surface area contributed by atoms with Gasteiger partial charge in [-0.1, -0.05) is 23.7 Å². The van der Waals surface area contributed by atoms with Gasteiger partial charge in [-0.05, 0) is 23.8 Å². The predicted molar refractivity (Wildman–Crippen MR) is 109 cm³/mol. The van der Waals surface area contributed by atoms with E-state index in [0.29, 0.717) is 16.4 Å². The van der Waals surface area contributed by atoms with Crippen LogP contribution in [0.3, 0.4) is 0 Å². The van der Waals surface area contributed by atoms with Gasteiger partial charge in [0.05, 0.1) is 24.4 Å². The highest BCUT2D eigenvalue weighted by Crippen LogP contribution is 2.16. The molecule has 0 saturated heterocycles. The van der Waals surface area contributed by atoms with Crippen LogP contribution in [0.4, 0.5) is 14.3 Å². The standard InChI is InChI=1S/C18H16ClFN6O3S/c19-15-5-13(14(8-27)25-26-15)16(28)21-7-12-9-30-18(23-12)24-17(29)22-6-10-2-1-3-11(20)4-10/h1-5,9,27H,6-8H2,(H,21,28)(H2,22,23,24,29). The second kappa shape index (κ2) is 10.1. The van der Waals surface area contributed by atoms with Gasteiger partial charge >= 0.3 is 6.03 Å². The lowest BCUT2D eigenvalue weighted by molar-refractivity contribution is 0.0946. The van der Waals surface area contributed by atoms with E-state index in [-0.39, 0.29) is 35.3 Å². The number of hydrogen-bond acceptors (Lipinski definition) is 7. The van der Waals surface area contributed by atoms with Crippen molar-refractivity contribution in [2.45, 2.75) is 19.7 Å². The van der Waals surface area contributed by atoms with Crippen molar-refractivity contribution in [2.24, 2.45) is 0 Å². The zero-order valence-corrected chi connectivity index (χ0v) is 16.9. The van der Waals surface area contributed by atoms with Crippen LogP contribution in [-0.2, 0) is 19.7 Å². The van der Waals surface area contributed by atoms with Crippen molar-refractivity contribution in [1.82, 2.24) is 25.8 Å². The highest BCUT2D eigenvalue weighted by atomic mass is 35.5. The number of nitrogens with zero attached hydrogens (tertiary/aromatic N) is 3. The van der Waals surface area contributed by atoms with E-state index >= 15 is 0 Å². The number of carbonyl (C=O) groups excluding carboxylic acids is 2. The number of amides is 3. The van der Waals surface area contributed by atoms with Crippen LogP contribution in [0.25, 0.3) is 0 Å². The fraction of sp³-hybridized carbons (Fsp3) is 0.167. The molecule has 0 saturated carbocycles. The number of thiazole rings is 1. The highest BCUT2D eigenvalue weighted by Gasteiger charge is 2.15. The molecule has 4 N–H and O–H groups in total. The lowest BCUT2D eigenvalue weighted by atomic mass is 10.2. The molecule has 2 aromatic heterocycles. The maximum Gasteiger partial charge on any atom is 0.321 e. The molecule has 3 amide bonds. The minimum Gasteiger partial charge on any atom is -0.390 e. The number of rotatable bonds is 7. The van der Waals surface area contributed by atoms with Crippen LogP contribution in [0.2, 0.25) is 5.15 Å². The van der Waals surface area contributed by atoms with Crippen molar-refractivity contribution < 1.29 is 19.1 Å². The van der Waals surface area contributed by atoms with Gasteiger partial charge in [0.1, 0.15) is 11.5 Å². The number of benzene rings is 1. The third-order valence-corrected chi connectivity index (χ3v) is 4.77. The molecule has 3 rings (SSSR count). The van der Waals surface area contributed by atoms with Crippen LogP contribution in [0, 0.1) is 5.82 Å². The molecule has 12 heteroatoms. The second-order valence-electron chi connectivity index (χ2n) is 5.95. The molecule has 0 bridgehead atoms. The molecule has 2 heterocycles. The Morgan fingerprint density at radius 2 is 2.00 bits per heavy atom. The van der Waals surface area contributed by atoms with E-state index in [1.165, 1.54) is 29.5 Å². The van der Waals surface area contributed by atoms with Gasteiger partial charge in [-0.25, -0.2) is 14.2 Å². The number of urea groups is 1. The maximum absolute atomic E-state index is 13.1. The van der Waals surface area contributed by atoms with Crippen molar-refractivity contribution in [3.8, 4) is 0 Å². The Morgan fingerprint density at radius 3 is 2.77 bits per heavy atom. The fourth-order valence-corrected chi connectivity index (χ4v) is 3.24. The number of nitrogens with one attached hydrogen (secondary N) is 3. The molecule has 0 radical (unpaired) electrons. The van der Waals surface area contributed by atoms with Gasteiger partial charge < -0.3 is 15.7 Å². The minimum absolute atomic E-state index is 0.0294. The lowest BCUT2D eigenvalue weighted by Gasteiger charge is -2.07. The van der Waals surface area contributed by atoms with E-state index in [1.54, 1.807) is 17.5 Å². The van der Waals surface area contributed by atoms with E-state index in [4.69, 9.17) is 11.6 Å². The first-order chi connectivity index (χ1) is 14.4. The molecule has 30 heavy (non-hydrogen) atoms. The molecule has 0 aliphatic heterocycles. The van der Waals surface area contributed by atoms with Gasteiger partial charge in [0, 0.05) is 11.9 Å². The van der Waals surface area contributed by atoms with Crippen LogP contribution >= 0.6 is 22.9 Å². The van der Waals surface area contributed by atoms with Gasteiger partial charge in [0.2, 0.25) is 0 Å². The Kier molecular flexibility index (Phi) is 7.22. The third-order valence-electron chi connectivity index (χ3n) is 3.78. The summed E-state index contributed by atoms with van der Waals surface area (Å²) < 4.78 is 13.1. The molecule has 1 aromatic carbocycles. The molecule has 0 unspecified atom stereocenters. The van der Waals surface area contributed by atoms with Crippen molar-refractivity contribution >= 4 is 40.0 Å². The summed E-state index contributed by atoms with van der Waals surface area (Å²) >= 11 is 6.93. The van der Waals surface area contributed by atoms with E-state index in [1.807, 2.05) is 0 Å². The zero-order chi connectivity index (χ0) is 21.5. The van der Waals surface area contributed by atoms with Crippen LogP contribution < -0.4 is 16.0 Å². The van der Waals surface area contributed by atoms with E-state index < -0.39 is 18.5 Å². The number of aliphatic hydroxyl groups excluding tert-OH is 1. The van der Waals surface area contributed by atoms with Crippen molar-refractivity contribution in [2.75, 3.05) is 5.32 Å². The average molecular weight is 451 g/mol. The smallest absolute Gasteiger partial charge is 0.321 e. The van der Waals surface area contributed by atoms with E-state index in [0.717, 1.165) is 0 Å². The zero-order valence-electron chi connectivity index (χ0n) is 15.4. The molecule has 9 nitrogen and oxygen atoms in total. The summed E-state index contributed by atoms with van der Waals surface area (Å²) in [5.41, 5.74) is 1.36. The largest absolute Gasteiger partial charge is 0.390 e. The molecule has 156 valence electrons. The van der Waals surface area contributed by atoms with Crippen molar-refractivity contribution in [3.05, 3.63) is 69.2 Å². The molecule has 0 aliphatic carbocycles. The van der Waals surface area contributed by atoms with Gasteiger partial charge in [0.25, 0.3) is 5.91 Å². The summed E-state index contributed by atoms with van der Waals surface area (Å²) in [5, 5.41) is 26.4. The van der Waals surface area contributed by atoms with Crippen LogP contribution in [0.5, 0.6) is 0 Å². The monoisotopic (exact) mass is 450 g/mol.